The molecule has 102 valence electrons. The van der Waals surface area contributed by atoms with E-state index in [1.54, 1.807) is 11.3 Å². The van der Waals surface area contributed by atoms with Crippen LogP contribution in [0.25, 0.3) is 10.7 Å². The molecule has 3 rings (SSSR count). The topological polar surface area (TPSA) is 87.7 Å². The van der Waals surface area contributed by atoms with Crippen LogP contribution in [0, 0.1) is 0 Å². The van der Waals surface area contributed by atoms with Crippen LogP contribution in [0.3, 0.4) is 0 Å². The van der Waals surface area contributed by atoms with Crippen LogP contribution in [0.1, 0.15) is 5.82 Å². The summed E-state index contributed by atoms with van der Waals surface area (Å²) >= 11 is 1.58. The standard InChI is InChI=1S/C11H14N4O2S2/c16-19(17)5-3-12-8(7-19)6-10-13-11(15-14-10)9-2-1-4-18-9/h1-2,4,8,12H,3,5-7H2,(H,13,14,15). The van der Waals surface area contributed by atoms with Gasteiger partial charge in [-0.1, -0.05) is 6.07 Å². The maximum atomic E-state index is 11.6. The van der Waals surface area contributed by atoms with Crippen molar-refractivity contribution in [3.05, 3.63) is 23.3 Å². The Kier molecular flexibility index (Phi) is 3.38. The first kappa shape index (κ1) is 12.8. The largest absolute Gasteiger partial charge is 0.312 e. The number of thiophene rings is 1. The van der Waals surface area contributed by atoms with E-state index in [9.17, 15) is 8.42 Å². The van der Waals surface area contributed by atoms with Gasteiger partial charge in [0.05, 0.1) is 16.4 Å². The molecule has 8 heteroatoms. The molecule has 1 unspecified atom stereocenters. The Bertz CT molecular complexity index is 648. The smallest absolute Gasteiger partial charge is 0.191 e. The van der Waals surface area contributed by atoms with Crippen LogP contribution in [-0.2, 0) is 16.3 Å². The Labute approximate surface area is 115 Å². The number of sulfone groups is 1. The second-order valence-corrected chi connectivity index (χ2v) is 7.73. The van der Waals surface area contributed by atoms with Gasteiger partial charge in [0.15, 0.2) is 15.7 Å². The summed E-state index contributed by atoms with van der Waals surface area (Å²) < 4.78 is 23.1. The Morgan fingerprint density at radius 2 is 2.37 bits per heavy atom. The number of aromatic amines is 1. The van der Waals surface area contributed by atoms with E-state index in [0.29, 0.717) is 18.8 Å². The SMILES string of the molecule is O=S1(=O)CCNC(Cc2nc(-c3cccs3)n[nH]2)C1. The van der Waals surface area contributed by atoms with Crippen molar-refractivity contribution in [2.75, 3.05) is 18.1 Å². The van der Waals surface area contributed by atoms with Crippen molar-refractivity contribution < 1.29 is 8.42 Å². The van der Waals surface area contributed by atoms with E-state index in [0.717, 1.165) is 10.7 Å². The maximum absolute atomic E-state index is 11.6. The molecule has 1 fully saturated rings. The van der Waals surface area contributed by atoms with Crippen molar-refractivity contribution in [2.45, 2.75) is 12.5 Å². The van der Waals surface area contributed by atoms with E-state index in [-0.39, 0.29) is 17.5 Å². The molecule has 1 atom stereocenters. The molecule has 1 aliphatic heterocycles. The molecular formula is C11H14N4O2S2. The van der Waals surface area contributed by atoms with Crippen LogP contribution < -0.4 is 5.32 Å². The van der Waals surface area contributed by atoms with Crippen molar-refractivity contribution in [3.63, 3.8) is 0 Å². The Morgan fingerprint density at radius 1 is 1.47 bits per heavy atom. The normalized spacial score (nSPS) is 22.4. The van der Waals surface area contributed by atoms with Gasteiger partial charge in [0, 0.05) is 19.0 Å². The fraction of sp³-hybridized carbons (Fsp3) is 0.455. The van der Waals surface area contributed by atoms with Gasteiger partial charge in [-0.25, -0.2) is 13.4 Å². The van der Waals surface area contributed by atoms with Gasteiger partial charge in [-0.3, -0.25) is 5.10 Å². The van der Waals surface area contributed by atoms with E-state index in [2.05, 4.69) is 20.5 Å². The number of nitrogens with one attached hydrogen (secondary N) is 2. The molecule has 0 radical (unpaired) electrons. The molecule has 0 spiro atoms. The minimum Gasteiger partial charge on any atom is -0.312 e. The van der Waals surface area contributed by atoms with Gasteiger partial charge in [-0.2, -0.15) is 5.10 Å². The van der Waals surface area contributed by atoms with Crippen LogP contribution in [0.5, 0.6) is 0 Å². The zero-order chi connectivity index (χ0) is 13.3. The lowest BCUT2D eigenvalue weighted by molar-refractivity contribution is 0.509. The molecule has 0 saturated carbocycles. The predicted molar refractivity (Wildman–Crippen MR) is 73.8 cm³/mol. The highest BCUT2D eigenvalue weighted by Crippen LogP contribution is 2.20. The van der Waals surface area contributed by atoms with Gasteiger partial charge in [0.2, 0.25) is 0 Å². The predicted octanol–water partition coefficient (Wildman–Crippen LogP) is 0.462. The summed E-state index contributed by atoms with van der Waals surface area (Å²) in [6.07, 6.45) is 0.553. The van der Waals surface area contributed by atoms with Gasteiger partial charge in [-0.05, 0) is 11.4 Å². The van der Waals surface area contributed by atoms with Gasteiger partial charge in [-0.15, -0.1) is 11.3 Å². The average molecular weight is 298 g/mol. The van der Waals surface area contributed by atoms with Crippen molar-refractivity contribution >= 4 is 21.2 Å². The van der Waals surface area contributed by atoms with Gasteiger partial charge < -0.3 is 5.32 Å². The van der Waals surface area contributed by atoms with E-state index >= 15 is 0 Å². The van der Waals surface area contributed by atoms with Crippen molar-refractivity contribution in [1.29, 1.82) is 0 Å². The van der Waals surface area contributed by atoms with Crippen molar-refractivity contribution in [3.8, 4) is 10.7 Å². The summed E-state index contributed by atoms with van der Waals surface area (Å²) in [6, 6.07) is 3.83. The number of hydrogen-bond acceptors (Lipinski definition) is 6. The fourth-order valence-corrected chi connectivity index (χ4v) is 4.24. The Balaban J connectivity index is 1.71. The molecule has 2 N–H and O–H groups in total. The van der Waals surface area contributed by atoms with E-state index in [1.807, 2.05) is 17.5 Å². The summed E-state index contributed by atoms with van der Waals surface area (Å²) in [5.41, 5.74) is 0. The second kappa shape index (κ2) is 5.03. The molecule has 0 aliphatic carbocycles. The van der Waals surface area contributed by atoms with Crippen LogP contribution >= 0.6 is 11.3 Å². The minimum atomic E-state index is -2.91. The van der Waals surface area contributed by atoms with Gasteiger partial charge >= 0.3 is 0 Å². The number of aromatic nitrogens is 3. The number of rotatable bonds is 3. The summed E-state index contributed by atoms with van der Waals surface area (Å²) in [4.78, 5) is 5.41. The number of hydrogen-bond donors (Lipinski definition) is 2. The summed E-state index contributed by atoms with van der Waals surface area (Å²) in [5.74, 6) is 1.78. The zero-order valence-corrected chi connectivity index (χ0v) is 11.8. The fourth-order valence-electron chi connectivity index (χ4n) is 2.13. The van der Waals surface area contributed by atoms with Crippen LogP contribution in [0.4, 0.5) is 0 Å². The van der Waals surface area contributed by atoms with Crippen molar-refractivity contribution in [1.82, 2.24) is 20.5 Å². The van der Waals surface area contributed by atoms with Crippen LogP contribution in [0.15, 0.2) is 17.5 Å². The molecule has 6 nitrogen and oxygen atoms in total. The lowest BCUT2D eigenvalue weighted by Gasteiger charge is -2.22. The van der Waals surface area contributed by atoms with Crippen LogP contribution in [-0.4, -0.2) is 47.7 Å². The first-order chi connectivity index (χ1) is 9.12. The third kappa shape index (κ3) is 3.02. The van der Waals surface area contributed by atoms with E-state index in [4.69, 9.17) is 0 Å². The van der Waals surface area contributed by atoms with E-state index in [1.165, 1.54) is 0 Å². The van der Waals surface area contributed by atoms with Crippen molar-refractivity contribution in [2.24, 2.45) is 0 Å². The highest BCUT2D eigenvalue weighted by Gasteiger charge is 2.25. The monoisotopic (exact) mass is 298 g/mol. The highest BCUT2D eigenvalue weighted by molar-refractivity contribution is 7.91. The Hall–Kier alpha value is -1.25. The summed E-state index contributed by atoms with van der Waals surface area (Å²) in [7, 11) is -2.91. The highest BCUT2D eigenvalue weighted by atomic mass is 32.2. The summed E-state index contributed by atoms with van der Waals surface area (Å²) in [6.45, 7) is 0.513. The van der Waals surface area contributed by atoms with Crippen LogP contribution in [0.2, 0.25) is 0 Å². The summed E-state index contributed by atoms with van der Waals surface area (Å²) in [5, 5.41) is 12.2. The first-order valence-corrected chi connectivity index (χ1v) is 8.71. The molecule has 1 aliphatic rings. The molecule has 1 saturated heterocycles. The average Bonchev–Trinajstić information content (AvgIpc) is 2.96. The quantitative estimate of drug-likeness (QED) is 0.859. The molecule has 2 aromatic rings. The molecule has 19 heavy (non-hydrogen) atoms. The molecule has 0 amide bonds. The van der Waals surface area contributed by atoms with E-state index < -0.39 is 9.84 Å². The molecule has 2 aromatic heterocycles. The lowest BCUT2D eigenvalue weighted by Crippen LogP contribution is -2.46. The third-order valence-corrected chi connectivity index (χ3v) is 5.62. The molecule has 0 bridgehead atoms. The zero-order valence-electron chi connectivity index (χ0n) is 10.2. The van der Waals surface area contributed by atoms with Gasteiger partial charge in [0.25, 0.3) is 0 Å². The second-order valence-electron chi connectivity index (χ2n) is 4.55. The molecule has 0 aromatic carbocycles. The van der Waals surface area contributed by atoms with Gasteiger partial charge in [0.1, 0.15) is 5.82 Å². The minimum absolute atomic E-state index is 0.0807. The lowest BCUT2D eigenvalue weighted by atomic mass is 10.2. The first-order valence-electron chi connectivity index (χ1n) is 6.01. The maximum Gasteiger partial charge on any atom is 0.191 e. The Morgan fingerprint density at radius 3 is 3.11 bits per heavy atom. The third-order valence-electron chi connectivity index (χ3n) is 3.01. The molecule has 3 heterocycles. The molecular weight excluding hydrogens is 284 g/mol. The number of H-pyrrole nitrogens is 1. The number of nitrogens with zero attached hydrogens (tertiary/aromatic N) is 2.